The lowest BCUT2D eigenvalue weighted by Crippen LogP contribution is -2.51. The highest BCUT2D eigenvalue weighted by molar-refractivity contribution is 7.22. The molecule has 216 valence electrons. The van der Waals surface area contributed by atoms with E-state index in [-0.39, 0.29) is 16.9 Å². The number of hydrogen-bond acceptors (Lipinski definition) is 7. The summed E-state index contributed by atoms with van der Waals surface area (Å²) in [4.78, 5) is 10.5. The summed E-state index contributed by atoms with van der Waals surface area (Å²) in [7, 11) is 0. The van der Waals surface area contributed by atoms with E-state index in [9.17, 15) is 13.9 Å². The molecule has 4 fully saturated rings. The van der Waals surface area contributed by atoms with Gasteiger partial charge in [-0.1, -0.05) is 12.0 Å². The third-order valence-corrected chi connectivity index (χ3v) is 10.8. The minimum atomic E-state index is -0.814. The fourth-order valence-electron chi connectivity index (χ4n) is 7.83. The van der Waals surface area contributed by atoms with Crippen molar-refractivity contribution in [1.82, 2.24) is 15.2 Å². The predicted molar refractivity (Wildman–Crippen MR) is 163 cm³/mol. The van der Waals surface area contributed by atoms with Crippen molar-refractivity contribution in [3.63, 3.8) is 0 Å². The summed E-state index contributed by atoms with van der Waals surface area (Å²) >= 11 is 1.55. The monoisotopic (exact) mass is 586 g/mol. The average Bonchev–Trinajstić information content (AvgIpc) is 3.73. The first-order chi connectivity index (χ1) is 20.4. The molecule has 2 unspecified atom stereocenters. The van der Waals surface area contributed by atoms with E-state index in [2.05, 4.69) is 27.1 Å². The summed E-state index contributed by atoms with van der Waals surface area (Å²) in [5, 5.41) is 16.6. The molecule has 4 aliphatic rings. The number of fused-ring (bicyclic) bond motifs is 5. The quantitative estimate of drug-likeness (QED) is 0.287. The molecule has 9 heteroatoms. The van der Waals surface area contributed by atoms with Crippen molar-refractivity contribution in [1.29, 1.82) is 0 Å². The van der Waals surface area contributed by atoms with Crippen LogP contribution >= 0.6 is 11.3 Å². The maximum atomic E-state index is 14.8. The molecule has 4 aromatic rings. The van der Waals surface area contributed by atoms with Crippen molar-refractivity contribution in [2.75, 3.05) is 37.7 Å². The molecule has 2 aromatic carbocycles. The molecule has 4 saturated heterocycles. The number of anilines is 1. The number of phenolic OH excluding ortho intramolecular Hbond substituents is 1. The van der Waals surface area contributed by atoms with Gasteiger partial charge in [-0.05, 0) is 61.9 Å². The maximum absolute atomic E-state index is 14.8. The van der Waals surface area contributed by atoms with Crippen LogP contribution < -0.4 is 15.0 Å². The Morgan fingerprint density at radius 2 is 2.00 bits per heavy atom. The van der Waals surface area contributed by atoms with Crippen LogP contribution in [0.2, 0.25) is 0 Å². The van der Waals surface area contributed by atoms with Gasteiger partial charge in [-0.3, -0.25) is 4.90 Å². The van der Waals surface area contributed by atoms with Gasteiger partial charge in [0.1, 0.15) is 30.2 Å². The number of pyridine rings is 1. The molecule has 2 aromatic heterocycles. The van der Waals surface area contributed by atoms with Gasteiger partial charge >= 0.3 is 0 Å². The van der Waals surface area contributed by atoms with Crippen LogP contribution in [0, 0.1) is 18.2 Å². The van der Waals surface area contributed by atoms with Gasteiger partial charge in [0.15, 0.2) is 0 Å². The Morgan fingerprint density at radius 3 is 2.81 bits per heavy atom. The van der Waals surface area contributed by atoms with Gasteiger partial charge in [-0.2, -0.15) is 4.98 Å². The van der Waals surface area contributed by atoms with Crippen LogP contribution in [-0.4, -0.2) is 71.6 Å². The topological polar surface area (TPSA) is 60.9 Å². The first-order valence-electron chi connectivity index (χ1n) is 14.8. The van der Waals surface area contributed by atoms with Crippen LogP contribution in [0.15, 0.2) is 36.4 Å². The second kappa shape index (κ2) is 9.80. The number of piperazine rings is 1. The summed E-state index contributed by atoms with van der Waals surface area (Å²) < 4.78 is 36.7. The number of aromatic hydroxyl groups is 1. The molecule has 6 nitrogen and oxygen atoms in total. The number of hydrogen-bond donors (Lipinski definition) is 2. The third-order valence-electron chi connectivity index (χ3n) is 9.70. The second-order valence-electron chi connectivity index (χ2n) is 12.4. The summed E-state index contributed by atoms with van der Waals surface area (Å²) in [6.07, 6.45) is 9.74. The van der Waals surface area contributed by atoms with Crippen LogP contribution in [0.1, 0.15) is 37.7 Å². The first-order valence-corrected chi connectivity index (χ1v) is 15.6. The molecule has 4 aliphatic heterocycles. The number of benzene rings is 2. The van der Waals surface area contributed by atoms with Crippen LogP contribution in [-0.2, 0) is 0 Å². The predicted octanol–water partition coefficient (Wildman–Crippen LogP) is 5.84. The Morgan fingerprint density at radius 1 is 1.17 bits per heavy atom. The van der Waals surface area contributed by atoms with Crippen molar-refractivity contribution < 1.29 is 18.6 Å². The minimum Gasteiger partial charge on any atom is -0.508 e. The summed E-state index contributed by atoms with van der Waals surface area (Å²) in [5.74, 6) is 3.56. The van der Waals surface area contributed by atoms with Gasteiger partial charge in [-0.15, -0.1) is 17.8 Å². The zero-order valence-corrected chi connectivity index (χ0v) is 24.0. The molecule has 0 saturated carbocycles. The largest absolute Gasteiger partial charge is 0.508 e. The summed E-state index contributed by atoms with van der Waals surface area (Å²) in [5.41, 5.74) is 0.609. The summed E-state index contributed by atoms with van der Waals surface area (Å²) in [6.45, 7) is 3.53. The highest BCUT2D eigenvalue weighted by Crippen LogP contribution is 2.45. The van der Waals surface area contributed by atoms with E-state index in [1.54, 1.807) is 29.5 Å². The highest BCUT2D eigenvalue weighted by atomic mass is 32.1. The SMILES string of the molecule is C#Cc1c(F)ccc2cc(O)cc(-c3cc4c(N5CC6CCC(C5)N6)nc(OC[C@@]56CCCN5C[C@H](F)C6)cc4s3)c12. The van der Waals surface area contributed by atoms with Gasteiger partial charge < -0.3 is 20.1 Å². The molecular weight excluding hydrogens is 554 g/mol. The fraction of sp³-hybridized carbons (Fsp3) is 0.424. The van der Waals surface area contributed by atoms with E-state index >= 15 is 0 Å². The van der Waals surface area contributed by atoms with E-state index in [1.165, 1.54) is 6.07 Å². The lowest BCUT2D eigenvalue weighted by atomic mass is 9.95. The highest BCUT2D eigenvalue weighted by Gasteiger charge is 2.49. The molecule has 2 bridgehead atoms. The average molecular weight is 587 g/mol. The Labute approximate surface area is 247 Å². The van der Waals surface area contributed by atoms with Crippen LogP contribution in [0.4, 0.5) is 14.6 Å². The number of thiophene rings is 1. The Bertz CT molecular complexity index is 1760. The number of ether oxygens (including phenoxy) is 1. The lowest BCUT2D eigenvalue weighted by Gasteiger charge is -2.34. The summed E-state index contributed by atoms with van der Waals surface area (Å²) in [6, 6.07) is 11.1. The van der Waals surface area contributed by atoms with Crippen LogP contribution in [0.25, 0.3) is 31.3 Å². The van der Waals surface area contributed by atoms with Crippen molar-refractivity contribution in [3.05, 3.63) is 47.8 Å². The molecule has 2 N–H and O–H groups in total. The van der Waals surface area contributed by atoms with Gasteiger partial charge in [-0.25, -0.2) is 8.78 Å². The molecular formula is C33H32F2N4O2S. The molecule has 0 radical (unpaired) electrons. The number of terminal acetylenes is 1. The Balaban J connectivity index is 1.24. The molecule has 8 rings (SSSR count). The number of aromatic nitrogens is 1. The van der Waals surface area contributed by atoms with Crippen molar-refractivity contribution >= 4 is 38.0 Å². The van der Waals surface area contributed by atoms with Crippen molar-refractivity contribution in [2.45, 2.75) is 55.9 Å². The number of nitrogens with one attached hydrogen (secondary N) is 1. The second-order valence-corrected chi connectivity index (χ2v) is 13.5. The van der Waals surface area contributed by atoms with E-state index in [0.717, 1.165) is 66.1 Å². The molecule has 0 aliphatic carbocycles. The van der Waals surface area contributed by atoms with Gasteiger partial charge in [0.05, 0.1) is 11.1 Å². The molecule has 42 heavy (non-hydrogen) atoms. The number of alkyl halides is 1. The van der Waals surface area contributed by atoms with Gasteiger partial charge in [0.2, 0.25) is 5.88 Å². The van der Waals surface area contributed by atoms with Crippen LogP contribution in [0.3, 0.4) is 0 Å². The Kier molecular flexibility index (Phi) is 6.11. The lowest BCUT2D eigenvalue weighted by molar-refractivity contribution is 0.111. The number of nitrogens with zero attached hydrogens (tertiary/aromatic N) is 3. The molecule has 6 heterocycles. The zero-order chi connectivity index (χ0) is 28.6. The molecule has 0 spiro atoms. The minimum absolute atomic E-state index is 0.0914. The van der Waals surface area contributed by atoms with E-state index < -0.39 is 12.0 Å². The standard InChI is InChI=1S/C33H32F2N4O2S/c1-2-24-27(35)7-4-19-10-23(40)11-25(31(19)24)28-12-26-29(42-28)13-30(37-32(26)38-16-21-5-6-22(17-38)36-21)41-18-33-8-3-9-39(33)15-20(34)14-33/h1,4,7,10-13,20-22,36,40H,3,5-6,8-9,14-18H2/t20-,21?,22?,33+/m1/s1. The normalized spacial score (nSPS) is 27.2. The van der Waals surface area contributed by atoms with Crippen molar-refractivity contribution in [3.8, 4) is 34.4 Å². The van der Waals surface area contributed by atoms with Crippen LogP contribution in [0.5, 0.6) is 11.6 Å². The van der Waals surface area contributed by atoms with Gasteiger partial charge in [0.25, 0.3) is 0 Å². The molecule has 4 atom stereocenters. The smallest absolute Gasteiger partial charge is 0.216 e. The fourth-order valence-corrected chi connectivity index (χ4v) is 8.94. The molecule has 0 amide bonds. The van der Waals surface area contributed by atoms with Gasteiger partial charge in [0, 0.05) is 70.1 Å². The number of rotatable bonds is 5. The van der Waals surface area contributed by atoms with E-state index in [1.807, 2.05) is 6.07 Å². The zero-order valence-electron chi connectivity index (χ0n) is 23.2. The Hall–Kier alpha value is -3.45. The van der Waals surface area contributed by atoms with E-state index in [4.69, 9.17) is 16.1 Å². The maximum Gasteiger partial charge on any atom is 0.216 e. The number of halogens is 2. The third kappa shape index (κ3) is 4.23. The van der Waals surface area contributed by atoms with Crippen molar-refractivity contribution in [2.24, 2.45) is 0 Å². The first kappa shape index (κ1) is 26.2. The van der Waals surface area contributed by atoms with E-state index in [0.29, 0.717) is 53.9 Å². The number of phenols is 1.